The molecule has 2 amide bonds. The van der Waals surface area contributed by atoms with E-state index in [-0.39, 0.29) is 12.8 Å². The summed E-state index contributed by atoms with van der Waals surface area (Å²) in [5.41, 5.74) is 2.23. The third-order valence-corrected chi connectivity index (χ3v) is 3.14. The van der Waals surface area contributed by atoms with Gasteiger partial charge in [0.2, 0.25) is 0 Å². The fourth-order valence-electron chi connectivity index (χ4n) is 2.05. The van der Waals surface area contributed by atoms with Crippen LogP contribution < -0.4 is 20.1 Å². The first-order valence-electron chi connectivity index (χ1n) is 7.60. The molecule has 0 saturated carbocycles. The van der Waals surface area contributed by atoms with Gasteiger partial charge in [-0.3, -0.25) is 0 Å². The molecule has 0 spiro atoms. The molecule has 0 aliphatic carbocycles. The molecule has 0 fully saturated rings. The predicted octanol–water partition coefficient (Wildman–Crippen LogP) is 3.23. The fourth-order valence-corrected chi connectivity index (χ4v) is 2.05. The number of benzene rings is 2. The number of urea groups is 1. The standard InChI is InChI=1S/C18H22N2O3/c1-3-22-16-7-9-17(10-8-16)23-13-20-18(21)19-12-15-6-4-5-14(2)11-15/h4-11H,3,12-13H2,1-2H3,(H2,19,20,21). The van der Waals surface area contributed by atoms with Crippen LogP contribution in [0, 0.1) is 6.92 Å². The number of amides is 2. The fraction of sp³-hybridized carbons (Fsp3) is 0.278. The lowest BCUT2D eigenvalue weighted by atomic mass is 10.1. The Labute approximate surface area is 136 Å². The second-order valence-electron chi connectivity index (χ2n) is 5.04. The summed E-state index contributed by atoms with van der Waals surface area (Å²) < 4.78 is 10.8. The Morgan fingerprint density at radius 1 is 1.00 bits per heavy atom. The summed E-state index contributed by atoms with van der Waals surface area (Å²) in [6.45, 7) is 5.17. The molecule has 2 N–H and O–H groups in total. The molecule has 0 aliphatic heterocycles. The van der Waals surface area contributed by atoms with Crippen LogP contribution in [-0.2, 0) is 6.54 Å². The van der Waals surface area contributed by atoms with Gasteiger partial charge in [0, 0.05) is 6.54 Å². The average molecular weight is 314 g/mol. The van der Waals surface area contributed by atoms with E-state index in [4.69, 9.17) is 9.47 Å². The molecule has 2 aromatic carbocycles. The molecular weight excluding hydrogens is 292 g/mol. The van der Waals surface area contributed by atoms with Gasteiger partial charge in [0.15, 0.2) is 6.73 Å². The Hall–Kier alpha value is -2.69. The molecule has 5 heteroatoms. The first-order chi connectivity index (χ1) is 11.2. The molecule has 0 atom stereocenters. The van der Waals surface area contributed by atoms with E-state index in [9.17, 15) is 4.79 Å². The highest BCUT2D eigenvalue weighted by Crippen LogP contribution is 2.17. The first kappa shape index (κ1) is 16.7. The number of hydrogen-bond donors (Lipinski definition) is 2. The van der Waals surface area contributed by atoms with Crippen molar-refractivity contribution >= 4 is 6.03 Å². The summed E-state index contributed by atoms with van der Waals surface area (Å²) in [6, 6.07) is 15.0. The molecular formula is C18H22N2O3. The van der Waals surface area contributed by atoms with E-state index in [1.165, 1.54) is 5.56 Å². The van der Waals surface area contributed by atoms with Crippen molar-refractivity contribution in [2.24, 2.45) is 0 Å². The Kier molecular flexibility index (Phi) is 6.29. The van der Waals surface area contributed by atoms with E-state index >= 15 is 0 Å². The molecule has 2 aromatic rings. The molecule has 0 aliphatic rings. The SMILES string of the molecule is CCOc1ccc(OCNC(=O)NCc2cccc(C)c2)cc1. The van der Waals surface area contributed by atoms with Gasteiger partial charge in [-0.2, -0.15) is 0 Å². The Balaban J connectivity index is 1.68. The second kappa shape index (κ2) is 8.68. The van der Waals surface area contributed by atoms with Crippen molar-refractivity contribution in [2.45, 2.75) is 20.4 Å². The molecule has 2 rings (SSSR count). The second-order valence-corrected chi connectivity index (χ2v) is 5.04. The van der Waals surface area contributed by atoms with Crippen LogP contribution in [0.15, 0.2) is 48.5 Å². The van der Waals surface area contributed by atoms with Crippen molar-refractivity contribution < 1.29 is 14.3 Å². The number of rotatable bonds is 7. The van der Waals surface area contributed by atoms with Gasteiger partial charge < -0.3 is 20.1 Å². The van der Waals surface area contributed by atoms with Crippen LogP contribution in [0.4, 0.5) is 4.79 Å². The van der Waals surface area contributed by atoms with E-state index in [1.54, 1.807) is 12.1 Å². The lowest BCUT2D eigenvalue weighted by Gasteiger charge is -2.10. The molecule has 0 saturated heterocycles. The summed E-state index contributed by atoms with van der Waals surface area (Å²) in [5, 5.41) is 5.44. The third kappa shape index (κ3) is 5.90. The van der Waals surface area contributed by atoms with Crippen LogP contribution in [0.5, 0.6) is 11.5 Å². The summed E-state index contributed by atoms with van der Waals surface area (Å²) >= 11 is 0. The largest absolute Gasteiger partial charge is 0.494 e. The average Bonchev–Trinajstić information content (AvgIpc) is 2.55. The first-order valence-corrected chi connectivity index (χ1v) is 7.60. The topological polar surface area (TPSA) is 59.6 Å². The summed E-state index contributed by atoms with van der Waals surface area (Å²) in [7, 11) is 0. The van der Waals surface area contributed by atoms with Crippen molar-refractivity contribution in [3.8, 4) is 11.5 Å². The van der Waals surface area contributed by atoms with Crippen molar-refractivity contribution in [3.63, 3.8) is 0 Å². The van der Waals surface area contributed by atoms with Gasteiger partial charge in [0.05, 0.1) is 6.61 Å². The minimum atomic E-state index is -0.266. The van der Waals surface area contributed by atoms with Crippen LogP contribution in [0.2, 0.25) is 0 Å². The van der Waals surface area contributed by atoms with Crippen molar-refractivity contribution in [1.82, 2.24) is 10.6 Å². The van der Waals surface area contributed by atoms with E-state index in [0.717, 1.165) is 11.3 Å². The zero-order valence-electron chi connectivity index (χ0n) is 13.5. The van der Waals surface area contributed by atoms with Gasteiger partial charge in [-0.05, 0) is 43.7 Å². The molecule has 0 aromatic heterocycles. The lowest BCUT2D eigenvalue weighted by molar-refractivity contribution is 0.223. The number of aryl methyl sites for hydroxylation is 1. The molecule has 0 unspecified atom stereocenters. The molecule has 0 bridgehead atoms. The maximum absolute atomic E-state index is 11.7. The molecule has 122 valence electrons. The van der Waals surface area contributed by atoms with Crippen molar-refractivity contribution in [3.05, 3.63) is 59.7 Å². The number of carbonyl (C=O) groups is 1. The summed E-state index contributed by atoms with van der Waals surface area (Å²) in [5.74, 6) is 1.47. The number of carbonyl (C=O) groups excluding carboxylic acids is 1. The highest BCUT2D eigenvalue weighted by Gasteiger charge is 2.01. The van der Waals surface area contributed by atoms with Crippen LogP contribution in [0.25, 0.3) is 0 Å². The van der Waals surface area contributed by atoms with E-state index in [1.807, 2.05) is 50.2 Å². The van der Waals surface area contributed by atoms with Crippen molar-refractivity contribution in [2.75, 3.05) is 13.3 Å². The van der Waals surface area contributed by atoms with Crippen LogP contribution in [0.1, 0.15) is 18.1 Å². The number of nitrogens with one attached hydrogen (secondary N) is 2. The van der Waals surface area contributed by atoms with Crippen molar-refractivity contribution in [1.29, 1.82) is 0 Å². The molecule has 0 heterocycles. The Bertz CT molecular complexity index is 626. The van der Waals surface area contributed by atoms with Gasteiger partial charge >= 0.3 is 6.03 Å². The Morgan fingerprint density at radius 3 is 2.35 bits per heavy atom. The van der Waals surface area contributed by atoms with E-state index < -0.39 is 0 Å². The normalized spacial score (nSPS) is 10.0. The summed E-state index contributed by atoms with van der Waals surface area (Å²) in [4.78, 5) is 11.7. The molecule has 5 nitrogen and oxygen atoms in total. The predicted molar refractivity (Wildman–Crippen MR) is 89.7 cm³/mol. The van der Waals surface area contributed by atoms with Crippen LogP contribution >= 0.6 is 0 Å². The highest BCUT2D eigenvalue weighted by molar-refractivity contribution is 5.73. The molecule has 23 heavy (non-hydrogen) atoms. The van der Waals surface area contributed by atoms with Gasteiger partial charge in [0.25, 0.3) is 0 Å². The van der Waals surface area contributed by atoms with E-state index in [0.29, 0.717) is 18.9 Å². The minimum Gasteiger partial charge on any atom is -0.494 e. The van der Waals surface area contributed by atoms with E-state index in [2.05, 4.69) is 10.6 Å². The smallest absolute Gasteiger partial charge is 0.317 e. The zero-order chi connectivity index (χ0) is 16.5. The quantitative estimate of drug-likeness (QED) is 0.771. The van der Waals surface area contributed by atoms with Gasteiger partial charge in [0.1, 0.15) is 11.5 Å². The van der Waals surface area contributed by atoms with Gasteiger partial charge in [-0.1, -0.05) is 29.8 Å². The summed E-state index contributed by atoms with van der Waals surface area (Å²) in [6.07, 6.45) is 0. The molecule has 0 radical (unpaired) electrons. The van der Waals surface area contributed by atoms with Crippen LogP contribution in [0.3, 0.4) is 0 Å². The highest BCUT2D eigenvalue weighted by atomic mass is 16.5. The monoisotopic (exact) mass is 314 g/mol. The Morgan fingerprint density at radius 2 is 1.70 bits per heavy atom. The minimum absolute atomic E-state index is 0.105. The van der Waals surface area contributed by atoms with Crippen LogP contribution in [-0.4, -0.2) is 19.4 Å². The maximum Gasteiger partial charge on any atom is 0.317 e. The number of hydrogen-bond acceptors (Lipinski definition) is 3. The lowest BCUT2D eigenvalue weighted by Crippen LogP contribution is -2.37. The zero-order valence-corrected chi connectivity index (χ0v) is 13.5. The maximum atomic E-state index is 11.7. The third-order valence-electron chi connectivity index (χ3n) is 3.14. The van der Waals surface area contributed by atoms with Gasteiger partial charge in [-0.25, -0.2) is 4.79 Å². The number of ether oxygens (including phenoxy) is 2. The van der Waals surface area contributed by atoms with Gasteiger partial charge in [-0.15, -0.1) is 0 Å².